The molecular weight excluding hydrogens is 590 g/mol. The van der Waals surface area contributed by atoms with Crippen molar-refractivity contribution in [1.29, 1.82) is 5.26 Å². The van der Waals surface area contributed by atoms with Crippen molar-refractivity contribution >= 4 is 61.1 Å². The number of hydrogen-bond donors (Lipinski definition) is 2. The van der Waals surface area contributed by atoms with Gasteiger partial charge in [-0.05, 0) is 95.5 Å². The number of anilines is 2. The van der Waals surface area contributed by atoms with Gasteiger partial charge in [0, 0.05) is 21.4 Å². The molecule has 0 aliphatic heterocycles. The van der Waals surface area contributed by atoms with Crippen LogP contribution < -0.4 is 20.1 Å². The molecule has 3 aromatic rings. The molecule has 0 radical (unpaired) electrons. The molecule has 0 unspecified atom stereocenters. The molecule has 36 heavy (non-hydrogen) atoms. The molecule has 2 N–H and O–H groups in total. The van der Waals surface area contributed by atoms with Gasteiger partial charge in [-0.25, -0.2) is 0 Å². The first-order valence-corrected chi connectivity index (χ1v) is 12.3. The summed E-state index contributed by atoms with van der Waals surface area (Å²) < 4.78 is 12.2. The molecule has 0 saturated heterocycles. The molecule has 0 atom stereocenters. The van der Waals surface area contributed by atoms with E-state index in [4.69, 9.17) is 9.47 Å². The van der Waals surface area contributed by atoms with Crippen LogP contribution in [-0.2, 0) is 9.59 Å². The SMILES string of the molecule is COc1ccc(NC(=O)/C(C#N)=C\c2cc(Br)cc(Br)c2OCC(=O)Nc2ccc(C)c(C)c2)cc1. The third-order valence-electron chi connectivity index (χ3n) is 5.19. The average molecular weight is 613 g/mol. The molecule has 0 bridgehead atoms. The van der Waals surface area contributed by atoms with Crippen molar-refractivity contribution in [2.75, 3.05) is 24.4 Å². The van der Waals surface area contributed by atoms with Crippen LogP contribution in [0.2, 0.25) is 0 Å². The molecule has 0 heterocycles. The van der Waals surface area contributed by atoms with E-state index < -0.39 is 5.91 Å². The van der Waals surface area contributed by atoms with Crippen molar-refractivity contribution < 1.29 is 19.1 Å². The van der Waals surface area contributed by atoms with Crippen LogP contribution in [0, 0.1) is 25.2 Å². The number of nitrogens with one attached hydrogen (secondary N) is 2. The van der Waals surface area contributed by atoms with Crippen molar-refractivity contribution in [3.05, 3.63) is 85.8 Å². The molecule has 0 saturated carbocycles. The zero-order valence-corrected chi connectivity index (χ0v) is 23.0. The van der Waals surface area contributed by atoms with Gasteiger partial charge in [-0.3, -0.25) is 9.59 Å². The number of nitriles is 1. The smallest absolute Gasteiger partial charge is 0.266 e. The van der Waals surface area contributed by atoms with Gasteiger partial charge in [0.2, 0.25) is 0 Å². The van der Waals surface area contributed by atoms with Crippen LogP contribution >= 0.6 is 31.9 Å². The van der Waals surface area contributed by atoms with Crippen molar-refractivity contribution in [2.24, 2.45) is 0 Å². The van der Waals surface area contributed by atoms with Gasteiger partial charge in [0.05, 0.1) is 11.6 Å². The summed E-state index contributed by atoms with van der Waals surface area (Å²) in [6.07, 6.45) is 1.41. The van der Waals surface area contributed by atoms with Gasteiger partial charge in [-0.15, -0.1) is 0 Å². The number of halogens is 2. The maximum Gasteiger partial charge on any atom is 0.266 e. The van der Waals surface area contributed by atoms with Crippen LogP contribution in [0.5, 0.6) is 11.5 Å². The summed E-state index contributed by atoms with van der Waals surface area (Å²) in [5.74, 6) is 0.0303. The Bertz CT molecular complexity index is 1360. The standard InChI is InChI=1S/C27H23Br2N3O4/c1-16-4-5-22(10-17(16)2)31-25(33)15-36-26-18(12-20(28)13-24(26)29)11-19(14-30)27(34)32-21-6-8-23(35-3)9-7-21/h4-13H,15H2,1-3H3,(H,31,33)(H,32,34)/b19-11-. The summed E-state index contributed by atoms with van der Waals surface area (Å²) in [5.41, 5.74) is 3.68. The molecule has 3 rings (SSSR count). The summed E-state index contributed by atoms with van der Waals surface area (Å²) in [4.78, 5) is 25.2. The highest BCUT2D eigenvalue weighted by Gasteiger charge is 2.16. The fourth-order valence-corrected chi connectivity index (χ4v) is 4.54. The molecule has 0 aliphatic carbocycles. The van der Waals surface area contributed by atoms with Gasteiger partial charge >= 0.3 is 0 Å². The van der Waals surface area contributed by atoms with Crippen LogP contribution in [0.15, 0.2) is 69.1 Å². The number of nitrogens with zero attached hydrogens (tertiary/aromatic N) is 1. The first-order chi connectivity index (χ1) is 17.2. The van der Waals surface area contributed by atoms with Crippen LogP contribution in [0.3, 0.4) is 0 Å². The lowest BCUT2D eigenvalue weighted by Crippen LogP contribution is -2.20. The Balaban J connectivity index is 1.78. The highest BCUT2D eigenvalue weighted by Crippen LogP contribution is 2.34. The van der Waals surface area contributed by atoms with E-state index in [9.17, 15) is 14.9 Å². The topological polar surface area (TPSA) is 100 Å². The summed E-state index contributed by atoms with van der Waals surface area (Å²) in [7, 11) is 1.55. The predicted molar refractivity (Wildman–Crippen MR) is 147 cm³/mol. The number of benzene rings is 3. The number of methoxy groups -OCH3 is 1. The molecule has 0 aromatic heterocycles. The van der Waals surface area contributed by atoms with E-state index >= 15 is 0 Å². The molecule has 0 fully saturated rings. The van der Waals surface area contributed by atoms with Gasteiger partial charge in [0.1, 0.15) is 23.1 Å². The second-order valence-corrected chi connectivity index (χ2v) is 9.56. The van der Waals surface area contributed by atoms with Gasteiger partial charge < -0.3 is 20.1 Å². The Kier molecular flexibility index (Phi) is 9.28. The summed E-state index contributed by atoms with van der Waals surface area (Å²) in [5, 5.41) is 15.1. The Morgan fingerprint density at radius 1 is 0.972 bits per heavy atom. The zero-order chi connectivity index (χ0) is 26.2. The normalized spacial score (nSPS) is 10.8. The Morgan fingerprint density at radius 2 is 1.67 bits per heavy atom. The summed E-state index contributed by atoms with van der Waals surface area (Å²) in [6.45, 7) is 3.70. The van der Waals surface area contributed by atoms with E-state index in [1.165, 1.54) is 6.08 Å². The van der Waals surface area contributed by atoms with Crippen molar-refractivity contribution in [3.8, 4) is 17.6 Å². The maximum atomic E-state index is 12.7. The lowest BCUT2D eigenvalue weighted by atomic mass is 10.1. The third-order valence-corrected chi connectivity index (χ3v) is 6.24. The van der Waals surface area contributed by atoms with Gasteiger partial charge in [0.25, 0.3) is 11.8 Å². The molecule has 0 spiro atoms. The minimum atomic E-state index is -0.586. The van der Waals surface area contributed by atoms with Gasteiger partial charge in [-0.1, -0.05) is 22.0 Å². The molecule has 184 valence electrons. The number of hydrogen-bond acceptors (Lipinski definition) is 5. The minimum absolute atomic E-state index is 0.139. The number of rotatable bonds is 8. The van der Waals surface area contributed by atoms with Crippen molar-refractivity contribution in [2.45, 2.75) is 13.8 Å². The average Bonchev–Trinajstić information content (AvgIpc) is 2.84. The molecular formula is C27H23Br2N3O4. The lowest BCUT2D eigenvalue weighted by Gasteiger charge is -2.13. The second kappa shape index (κ2) is 12.4. The first kappa shape index (κ1) is 27.0. The quantitative estimate of drug-likeness (QED) is 0.226. The van der Waals surface area contributed by atoms with Gasteiger partial charge in [-0.2, -0.15) is 5.26 Å². The number of aryl methyl sites for hydroxylation is 2. The Hall–Kier alpha value is -3.61. The van der Waals surface area contributed by atoms with E-state index in [0.717, 1.165) is 11.1 Å². The minimum Gasteiger partial charge on any atom is -0.497 e. The van der Waals surface area contributed by atoms with Crippen LogP contribution in [0.1, 0.15) is 16.7 Å². The van der Waals surface area contributed by atoms with E-state index in [0.29, 0.717) is 37.4 Å². The highest BCUT2D eigenvalue weighted by molar-refractivity contribution is 9.11. The molecule has 3 aromatic carbocycles. The second-order valence-electron chi connectivity index (χ2n) is 7.79. The fourth-order valence-electron chi connectivity index (χ4n) is 3.17. The molecule has 2 amide bonds. The molecule has 7 nitrogen and oxygen atoms in total. The number of carbonyl (C=O) groups excluding carboxylic acids is 2. The third kappa shape index (κ3) is 7.20. The van der Waals surface area contributed by atoms with E-state index in [-0.39, 0.29) is 18.1 Å². The Labute approximate surface area is 226 Å². The summed E-state index contributed by atoms with van der Waals surface area (Å²) in [6, 6.07) is 17.7. The van der Waals surface area contributed by atoms with E-state index in [2.05, 4.69) is 42.5 Å². The number of carbonyl (C=O) groups is 2. The van der Waals surface area contributed by atoms with Crippen molar-refractivity contribution in [1.82, 2.24) is 0 Å². The predicted octanol–water partition coefficient (Wildman–Crippen LogP) is 6.40. The summed E-state index contributed by atoms with van der Waals surface area (Å²) >= 11 is 6.85. The van der Waals surface area contributed by atoms with Crippen LogP contribution in [-0.4, -0.2) is 25.5 Å². The number of ether oxygens (including phenoxy) is 2. The van der Waals surface area contributed by atoms with E-state index in [1.807, 2.05) is 38.1 Å². The highest BCUT2D eigenvalue weighted by atomic mass is 79.9. The largest absolute Gasteiger partial charge is 0.497 e. The van der Waals surface area contributed by atoms with Crippen LogP contribution in [0.25, 0.3) is 6.08 Å². The van der Waals surface area contributed by atoms with E-state index in [1.54, 1.807) is 43.5 Å². The number of amides is 2. The van der Waals surface area contributed by atoms with Gasteiger partial charge in [0.15, 0.2) is 6.61 Å². The molecule has 9 heteroatoms. The van der Waals surface area contributed by atoms with Crippen LogP contribution in [0.4, 0.5) is 11.4 Å². The Morgan fingerprint density at radius 3 is 2.31 bits per heavy atom. The lowest BCUT2D eigenvalue weighted by molar-refractivity contribution is -0.118. The monoisotopic (exact) mass is 611 g/mol. The molecule has 0 aliphatic rings. The fraction of sp³-hybridized carbons (Fsp3) is 0.148. The van der Waals surface area contributed by atoms with Crippen molar-refractivity contribution in [3.63, 3.8) is 0 Å². The maximum absolute atomic E-state index is 12.7. The zero-order valence-electron chi connectivity index (χ0n) is 19.8. The first-order valence-electron chi connectivity index (χ1n) is 10.8.